The first-order valence-electron chi connectivity index (χ1n) is 5.42. The Morgan fingerprint density at radius 2 is 1.94 bits per heavy atom. The van der Waals surface area contributed by atoms with Gasteiger partial charge in [0.05, 0.1) is 6.61 Å². The van der Waals surface area contributed by atoms with E-state index in [9.17, 15) is 4.79 Å². The summed E-state index contributed by atoms with van der Waals surface area (Å²) in [5, 5.41) is 0. The number of ether oxygens (including phenoxy) is 1. The first-order valence-corrected chi connectivity index (χ1v) is 5.42. The van der Waals surface area contributed by atoms with Crippen molar-refractivity contribution in [1.29, 1.82) is 0 Å². The second-order valence-corrected chi connectivity index (χ2v) is 3.64. The zero-order valence-electron chi connectivity index (χ0n) is 9.57. The summed E-state index contributed by atoms with van der Waals surface area (Å²) in [5.41, 5.74) is 8.00. The third-order valence-electron chi connectivity index (χ3n) is 2.41. The summed E-state index contributed by atoms with van der Waals surface area (Å²) in [6.45, 7) is 2.31. The van der Waals surface area contributed by atoms with E-state index in [0.717, 1.165) is 11.1 Å². The van der Waals surface area contributed by atoms with Gasteiger partial charge in [-0.25, -0.2) is 0 Å². The number of nitrogens with one attached hydrogen (secondary N) is 1. The van der Waals surface area contributed by atoms with Gasteiger partial charge >= 0.3 is 0 Å². The fourth-order valence-corrected chi connectivity index (χ4v) is 1.57. The van der Waals surface area contributed by atoms with E-state index in [1.165, 1.54) is 0 Å². The van der Waals surface area contributed by atoms with Crippen molar-refractivity contribution in [3.8, 4) is 16.9 Å². The summed E-state index contributed by atoms with van der Waals surface area (Å²) in [5.74, 6) is 0.335. The van der Waals surface area contributed by atoms with Crippen molar-refractivity contribution >= 4 is 5.69 Å². The van der Waals surface area contributed by atoms with E-state index in [0.29, 0.717) is 18.0 Å². The minimum absolute atomic E-state index is 0.217. The molecule has 17 heavy (non-hydrogen) atoms. The Kier molecular flexibility index (Phi) is 3.14. The maximum atomic E-state index is 11.4. The van der Waals surface area contributed by atoms with Crippen LogP contribution in [0.4, 0.5) is 5.69 Å². The smallest absolute Gasteiger partial charge is 0.290 e. The van der Waals surface area contributed by atoms with E-state index < -0.39 is 0 Å². The average Bonchev–Trinajstić information content (AvgIpc) is 2.33. The number of anilines is 1. The third-order valence-corrected chi connectivity index (χ3v) is 2.41. The molecule has 0 atom stereocenters. The number of hydrogen-bond donors (Lipinski definition) is 2. The van der Waals surface area contributed by atoms with E-state index in [-0.39, 0.29) is 5.56 Å². The van der Waals surface area contributed by atoms with Gasteiger partial charge in [-0.1, -0.05) is 12.1 Å². The molecule has 2 aromatic rings. The molecule has 3 N–H and O–H groups in total. The van der Waals surface area contributed by atoms with Gasteiger partial charge in [-0.3, -0.25) is 4.79 Å². The van der Waals surface area contributed by atoms with E-state index in [1.807, 2.05) is 31.2 Å². The van der Waals surface area contributed by atoms with E-state index in [1.54, 1.807) is 12.3 Å². The van der Waals surface area contributed by atoms with Crippen LogP contribution >= 0.6 is 0 Å². The Balaban J connectivity index is 2.42. The molecule has 1 heterocycles. The van der Waals surface area contributed by atoms with Crippen LogP contribution in [0, 0.1) is 0 Å². The van der Waals surface area contributed by atoms with Gasteiger partial charge in [0.25, 0.3) is 5.56 Å². The number of aromatic nitrogens is 1. The molecule has 0 unspecified atom stereocenters. The standard InChI is InChI=1S/C13H14N2O2/c1-2-17-12-7-10(8-15-13(12)16)9-3-5-11(14)6-4-9/h3-8H,2,14H2,1H3,(H,15,16). The average molecular weight is 230 g/mol. The summed E-state index contributed by atoms with van der Waals surface area (Å²) in [4.78, 5) is 14.1. The van der Waals surface area contributed by atoms with Crippen LogP contribution in [0.5, 0.6) is 5.75 Å². The molecule has 88 valence electrons. The van der Waals surface area contributed by atoms with Crippen molar-refractivity contribution in [1.82, 2.24) is 4.98 Å². The Bertz CT molecular complexity index is 558. The Hall–Kier alpha value is -2.23. The fraction of sp³-hybridized carbons (Fsp3) is 0.154. The number of nitrogens with two attached hydrogens (primary N) is 1. The van der Waals surface area contributed by atoms with E-state index in [4.69, 9.17) is 10.5 Å². The summed E-state index contributed by atoms with van der Waals surface area (Å²) >= 11 is 0. The first kappa shape index (κ1) is 11.3. The molecular weight excluding hydrogens is 216 g/mol. The van der Waals surface area contributed by atoms with Gasteiger partial charge in [0.15, 0.2) is 5.75 Å². The van der Waals surface area contributed by atoms with Crippen LogP contribution in [-0.2, 0) is 0 Å². The quantitative estimate of drug-likeness (QED) is 0.793. The molecule has 4 heteroatoms. The molecule has 2 rings (SSSR count). The summed E-state index contributed by atoms with van der Waals surface area (Å²) in [7, 11) is 0. The lowest BCUT2D eigenvalue weighted by Crippen LogP contribution is -2.10. The zero-order chi connectivity index (χ0) is 12.3. The summed E-state index contributed by atoms with van der Waals surface area (Å²) in [6, 6.07) is 9.17. The van der Waals surface area contributed by atoms with Crippen molar-refractivity contribution in [2.45, 2.75) is 6.92 Å². The molecule has 0 saturated heterocycles. The lowest BCUT2D eigenvalue weighted by molar-refractivity contribution is 0.335. The van der Waals surface area contributed by atoms with Crippen LogP contribution in [-0.4, -0.2) is 11.6 Å². The minimum atomic E-state index is -0.217. The maximum Gasteiger partial charge on any atom is 0.290 e. The van der Waals surface area contributed by atoms with Crippen LogP contribution in [0.15, 0.2) is 41.3 Å². The predicted molar refractivity (Wildman–Crippen MR) is 68.1 cm³/mol. The summed E-state index contributed by atoms with van der Waals surface area (Å²) in [6.07, 6.45) is 1.66. The Morgan fingerprint density at radius 3 is 2.59 bits per heavy atom. The van der Waals surface area contributed by atoms with Crippen molar-refractivity contribution in [2.24, 2.45) is 0 Å². The number of pyridine rings is 1. The van der Waals surface area contributed by atoms with Crippen LogP contribution in [0.2, 0.25) is 0 Å². The van der Waals surface area contributed by atoms with Gasteiger partial charge < -0.3 is 15.5 Å². The largest absolute Gasteiger partial charge is 0.488 e. The molecule has 0 aliphatic heterocycles. The van der Waals surface area contributed by atoms with Crippen LogP contribution in [0.25, 0.3) is 11.1 Å². The highest BCUT2D eigenvalue weighted by Gasteiger charge is 2.04. The second kappa shape index (κ2) is 4.74. The lowest BCUT2D eigenvalue weighted by atomic mass is 10.1. The number of aromatic amines is 1. The normalized spacial score (nSPS) is 10.2. The third kappa shape index (κ3) is 2.47. The SMILES string of the molecule is CCOc1cc(-c2ccc(N)cc2)c[nH]c1=O. The number of nitrogen functional groups attached to an aromatic ring is 1. The Labute approximate surface area is 99.1 Å². The number of benzene rings is 1. The number of H-pyrrole nitrogens is 1. The molecule has 0 aliphatic rings. The minimum Gasteiger partial charge on any atom is -0.488 e. The van der Waals surface area contributed by atoms with Gasteiger partial charge in [0, 0.05) is 17.4 Å². The van der Waals surface area contributed by atoms with Crippen molar-refractivity contribution in [2.75, 3.05) is 12.3 Å². The second-order valence-electron chi connectivity index (χ2n) is 3.64. The van der Waals surface area contributed by atoms with E-state index >= 15 is 0 Å². The van der Waals surface area contributed by atoms with Crippen LogP contribution in [0.1, 0.15) is 6.92 Å². The highest BCUT2D eigenvalue weighted by molar-refractivity contribution is 5.65. The van der Waals surface area contributed by atoms with E-state index in [2.05, 4.69) is 4.98 Å². The highest BCUT2D eigenvalue weighted by atomic mass is 16.5. The maximum absolute atomic E-state index is 11.4. The van der Waals surface area contributed by atoms with Gasteiger partial charge in [0.2, 0.25) is 0 Å². The number of hydrogen-bond acceptors (Lipinski definition) is 3. The monoisotopic (exact) mass is 230 g/mol. The molecule has 4 nitrogen and oxygen atoms in total. The van der Waals surface area contributed by atoms with Crippen LogP contribution in [0.3, 0.4) is 0 Å². The molecule has 0 radical (unpaired) electrons. The molecule has 0 amide bonds. The van der Waals surface area contributed by atoms with Crippen molar-refractivity contribution in [3.05, 3.63) is 46.9 Å². The molecule has 0 fully saturated rings. The van der Waals surface area contributed by atoms with Gasteiger partial charge in [-0.15, -0.1) is 0 Å². The lowest BCUT2D eigenvalue weighted by Gasteiger charge is -2.05. The molecule has 0 bridgehead atoms. The molecule has 0 aliphatic carbocycles. The molecule has 0 spiro atoms. The molecule has 1 aromatic carbocycles. The summed E-state index contributed by atoms with van der Waals surface area (Å²) < 4.78 is 5.25. The van der Waals surface area contributed by atoms with Crippen LogP contribution < -0.4 is 16.0 Å². The number of rotatable bonds is 3. The van der Waals surface area contributed by atoms with Gasteiger partial charge in [-0.2, -0.15) is 0 Å². The molecule has 0 saturated carbocycles. The van der Waals surface area contributed by atoms with Crippen molar-refractivity contribution < 1.29 is 4.74 Å². The Morgan fingerprint density at radius 1 is 1.24 bits per heavy atom. The van der Waals surface area contributed by atoms with Crippen molar-refractivity contribution in [3.63, 3.8) is 0 Å². The predicted octanol–water partition coefficient (Wildman–Crippen LogP) is 2.02. The van der Waals surface area contributed by atoms with Gasteiger partial charge in [-0.05, 0) is 30.7 Å². The fourth-order valence-electron chi connectivity index (χ4n) is 1.57. The highest BCUT2D eigenvalue weighted by Crippen LogP contribution is 2.21. The molecular formula is C13H14N2O2. The zero-order valence-corrected chi connectivity index (χ0v) is 9.57. The molecule has 1 aromatic heterocycles. The topological polar surface area (TPSA) is 68.1 Å². The van der Waals surface area contributed by atoms with Gasteiger partial charge in [0.1, 0.15) is 0 Å². The first-order chi connectivity index (χ1) is 8.20.